The largest absolute Gasteiger partial charge is 0.508 e. The van der Waals surface area contributed by atoms with Crippen LogP contribution in [0.4, 0.5) is 0 Å². The SMILES string of the molecule is CC(=O)OC[C@H]1O[C@@H](c2cc(Cc3cc4ccccc4s3)c(C)cc2O)C[C@@H](OC(C)=O)[C@@H]1OC(C)=O. The highest BCUT2D eigenvalue weighted by atomic mass is 32.1. The topological polar surface area (TPSA) is 108 Å². The minimum absolute atomic E-state index is 0.0429. The van der Waals surface area contributed by atoms with Crippen molar-refractivity contribution in [3.05, 3.63) is 64.0 Å². The molecule has 0 aliphatic carbocycles. The van der Waals surface area contributed by atoms with Crippen LogP contribution in [0.1, 0.15) is 54.9 Å². The summed E-state index contributed by atoms with van der Waals surface area (Å²) in [6.45, 7) is 5.50. The predicted molar refractivity (Wildman–Crippen MR) is 137 cm³/mol. The molecule has 1 aliphatic rings. The Kier molecular flexibility index (Phi) is 8.14. The summed E-state index contributed by atoms with van der Waals surface area (Å²) in [6.07, 6.45) is -2.60. The molecule has 1 fully saturated rings. The van der Waals surface area contributed by atoms with Crippen molar-refractivity contribution in [3.8, 4) is 5.75 Å². The number of aryl methyl sites for hydroxylation is 1. The maximum atomic E-state index is 11.9. The first kappa shape index (κ1) is 26.6. The highest BCUT2D eigenvalue weighted by Crippen LogP contribution is 2.40. The summed E-state index contributed by atoms with van der Waals surface area (Å²) >= 11 is 1.72. The second-order valence-corrected chi connectivity index (χ2v) is 10.4. The van der Waals surface area contributed by atoms with Crippen molar-refractivity contribution in [2.24, 2.45) is 0 Å². The molecule has 3 aromatic rings. The molecule has 0 unspecified atom stereocenters. The molecule has 37 heavy (non-hydrogen) atoms. The number of benzene rings is 2. The Morgan fingerprint density at radius 1 is 1.03 bits per heavy atom. The third-order valence-electron chi connectivity index (χ3n) is 6.26. The van der Waals surface area contributed by atoms with E-state index < -0.39 is 42.3 Å². The number of hydrogen-bond acceptors (Lipinski definition) is 9. The van der Waals surface area contributed by atoms with Gasteiger partial charge in [-0.05, 0) is 47.7 Å². The third kappa shape index (κ3) is 6.47. The van der Waals surface area contributed by atoms with Gasteiger partial charge in [-0.2, -0.15) is 0 Å². The molecule has 0 saturated carbocycles. The Bertz CT molecular complexity index is 1280. The van der Waals surface area contributed by atoms with Gasteiger partial charge in [0.1, 0.15) is 24.6 Å². The summed E-state index contributed by atoms with van der Waals surface area (Å²) in [4.78, 5) is 36.3. The number of hydrogen-bond donors (Lipinski definition) is 1. The number of rotatable bonds is 7. The van der Waals surface area contributed by atoms with Crippen molar-refractivity contribution in [1.82, 2.24) is 0 Å². The van der Waals surface area contributed by atoms with Crippen LogP contribution in [0.2, 0.25) is 0 Å². The van der Waals surface area contributed by atoms with Crippen LogP contribution in [-0.2, 0) is 39.8 Å². The molecule has 2 heterocycles. The first-order valence-corrected chi connectivity index (χ1v) is 12.9. The number of esters is 3. The molecular weight excluding hydrogens is 496 g/mol. The van der Waals surface area contributed by atoms with Crippen molar-refractivity contribution >= 4 is 39.3 Å². The lowest BCUT2D eigenvalue weighted by Crippen LogP contribution is -2.51. The minimum atomic E-state index is -0.970. The molecule has 4 rings (SSSR count). The van der Waals surface area contributed by atoms with E-state index in [1.165, 1.54) is 35.7 Å². The Labute approximate surface area is 219 Å². The molecule has 1 saturated heterocycles. The molecule has 8 nitrogen and oxygen atoms in total. The number of phenols is 1. The standard InChI is InChI=1S/C28H30O8S/c1-15-9-23(32)22(12-20(15)11-21-10-19-7-5-6-8-27(19)37-21)24-13-25(34-17(3)30)28(35-18(4)31)26(36-24)14-33-16(2)29/h5-10,12,24-26,28,32H,11,13-14H2,1-4H3/t24-,25-,26-,28+/m1/s1. The first-order valence-electron chi connectivity index (χ1n) is 12.0. The lowest BCUT2D eigenvalue weighted by molar-refractivity contribution is -0.216. The third-order valence-corrected chi connectivity index (χ3v) is 7.38. The van der Waals surface area contributed by atoms with E-state index in [1.807, 2.05) is 25.1 Å². The summed E-state index contributed by atoms with van der Waals surface area (Å²) < 4.78 is 23.5. The smallest absolute Gasteiger partial charge is 0.303 e. The molecule has 4 atom stereocenters. The highest BCUT2D eigenvalue weighted by Gasteiger charge is 2.44. The summed E-state index contributed by atoms with van der Waals surface area (Å²) in [7, 11) is 0. The van der Waals surface area contributed by atoms with E-state index in [0.29, 0.717) is 12.0 Å². The fraction of sp³-hybridized carbons (Fsp3) is 0.393. The zero-order valence-electron chi connectivity index (χ0n) is 21.2. The molecule has 1 aliphatic heterocycles. The Balaban J connectivity index is 1.66. The number of carbonyl (C=O) groups is 3. The van der Waals surface area contributed by atoms with Crippen molar-refractivity contribution in [2.45, 2.75) is 65.0 Å². The summed E-state index contributed by atoms with van der Waals surface area (Å²) in [5.74, 6) is -1.62. The molecule has 2 aromatic carbocycles. The number of thiophene rings is 1. The fourth-order valence-electron chi connectivity index (χ4n) is 4.65. The second-order valence-electron chi connectivity index (χ2n) is 9.19. The maximum Gasteiger partial charge on any atom is 0.303 e. The summed E-state index contributed by atoms with van der Waals surface area (Å²) in [5.41, 5.74) is 2.47. The van der Waals surface area contributed by atoms with Crippen LogP contribution in [0.5, 0.6) is 5.75 Å². The molecule has 1 aromatic heterocycles. The number of carbonyl (C=O) groups excluding carboxylic acids is 3. The number of phenolic OH excluding ortho intramolecular Hbond substituents is 1. The van der Waals surface area contributed by atoms with Gasteiger partial charge in [0.15, 0.2) is 6.10 Å². The molecular formula is C28H30O8S. The molecule has 0 radical (unpaired) electrons. The zero-order chi connectivity index (χ0) is 26.7. The van der Waals surface area contributed by atoms with Gasteiger partial charge in [-0.25, -0.2) is 0 Å². The fourth-order valence-corrected chi connectivity index (χ4v) is 5.74. The average Bonchev–Trinajstić information content (AvgIpc) is 3.22. The number of fused-ring (bicyclic) bond motifs is 1. The van der Waals surface area contributed by atoms with Gasteiger partial charge in [0.25, 0.3) is 0 Å². The van der Waals surface area contributed by atoms with E-state index in [2.05, 4.69) is 18.2 Å². The van der Waals surface area contributed by atoms with Gasteiger partial charge in [0.05, 0.1) is 6.10 Å². The highest BCUT2D eigenvalue weighted by molar-refractivity contribution is 7.19. The van der Waals surface area contributed by atoms with Gasteiger partial charge in [-0.3, -0.25) is 14.4 Å². The Morgan fingerprint density at radius 3 is 2.43 bits per heavy atom. The Morgan fingerprint density at radius 2 is 1.76 bits per heavy atom. The van der Waals surface area contributed by atoms with E-state index in [1.54, 1.807) is 17.4 Å². The quantitative estimate of drug-likeness (QED) is 0.347. The van der Waals surface area contributed by atoms with Crippen molar-refractivity contribution < 1.29 is 38.4 Å². The van der Waals surface area contributed by atoms with Gasteiger partial charge in [-0.1, -0.05) is 18.2 Å². The number of ether oxygens (including phenoxy) is 4. The summed E-state index contributed by atoms with van der Waals surface area (Å²) in [5, 5.41) is 12.1. The van der Waals surface area contributed by atoms with Crippen LogP contribution in [-0.4, -0.2) is 47.9 Å². The minimum Gasteiger partial charge on any atom is -0.508 e. The number of aromatic hydroxyl groups is 1. The van der Waals surface area contributed by atoms with Crippen LogP contribution in [0.15, 0.2) is 42.5 Å². The van der Waals surface area contributed by atoms with Crippen molar-refractivity contribution in [2.75, 3.05) is 6.61 Å². The van der Waals surface area contributed by atoms with Crippen LogP contribution < -0.4 is 0 Å². The van der Waals surface area contributed by atoms with E-state index in [9.17, 15) is 19.5 Å². The first-order chi connectivity index (χ1) is 17.6. The van der Waals surface area contributed by atoms with E-state index in [0.717, 1.165) is 11.1 Å². The van der Waals surface area contributed by atoms with Crippen molar-refractivity contribution in [1.29, 1.82) is 0 Å². The summed E-state index contributed by atoms with van der Waals surface area (Å²) in [6, 6.07) is 14.0. The van der Waals surface area contributed by atoms with Gasteiger partial charge < -0.3 is 24.1 Å². The molecule has 0 amide bonds. The van der Waals surface area contributed by atoms with Crippen LogP contribution >= 0.6 is 11.3 Å². The molecule has 196 valence electrons. The molecule has 9 heteroatoms. The lowest BCUT2D eigenvalue weighted by atomic mass is 9.90. The Hall–Kier alpha value is -3.43. The van der Waals surface area contributed by atoms with Gasteiger partial charge in [-0.15, -0.1) is 11.3 Å². The van der Waals surface area contributed by atoms with E-state index >= 15 is 0 Å². The van der Waals surface area contributed by atoms with E-state index in [4.69, 9.17) is 18.9 Å². The predicted octanol–water partition coefficient (Wildman–Crippen LogP) is 4.76. The van der Waals surface area contributed by atoms with Crippen LogP contribution in [0.25, 0.3) is 10.1 Å². The molecule has 0 spiro atoms. The van der Waals surface area contributed by atoms with Crippen LogP contribution in [0, 0.1) is 6.92 Å². The van der Waals surface area contributed by atoms with Gasteiger partial charge >= 0.3 is 17.9 Å². The monoisotopic (exact) mass is 526 g/mol. The second kappa shape index (κ2) is 11.3. The van der Waals surface area contributed by atoms with Crippen molar-refractivity contribution in [3.63, 3.8) is 0 Å². The normalized spacial score (nSPS) is 21.4. The molecule has 1 N–H and O–H groups in total. The van der Waals surface area contributed by atoms with E-state index in [-0.39, 0.29) is 18.8 Å². The average molecular weight is 527 g/mol. The zero-order valence-corrected chi connectivity index (χ0v) is 22.0. The lowest BCUT2D eigenvalue weighted by Gasteiger charge is -2.40. The molecule has 0 bridgehead atoms. The van der Waals surface area contributed by atoms with Gasteiger partial charge in [0, 0.05) is 48.8 Å². The van der Waals surface area contributed by atoms with Crippen LogP contribution in [0.3, 0.4) is 0 Å². The maximum absolute atomic E-state index is 11.9. The van der Waals surface area contributed by atoms with Gasteiger partial charge in [0.2, 0.25) is 0 Å².